The molecular formula is C8H4NO. The third-order valence-corrected chi connectivity index (χ3v) is 1.16. The van der Waals surface area contributed by atoms with E-state index in [1.165, 1.54) is 0 Å². The Morgan fingerprint density at radius 3 is 2.20 bits per heavy atom. The largest absolute Gasteiger partial charge is 0.285 e. The Labute approximate surface area is 58.7 Å². The first-order chi connectivity index (χ1) is 4.88. The van der Waals surface area contributed by atoms with E-state index in [4.69, 9.17) is 5.26 Å². The van der Waals surface area contributed by atoms with Crippen molar-refractivity contribution in [3.05, 3.63) is 35.4 Å². The van der Waals surface area contributed by atoms with Crippen LogP contribution < -0.4 is 0 Å². The van der Waals surface area contributed by atoms with Gasteiger partial charge in [-0.25, -0.2) is 0 Å². The standard InChI is InChI=1S/C8H4NO/c9-5-7-3-1-2-4-8(7)6-10/h1-4H. The van der Waals surface area contributed by atoms with E-state index in [9.17, 15) is 4.79 Å². The minimum atomic E-state index is 0.324. The first kappa shape index (κ1) is 6.50. The molecular weight excluding hydrogens is 126 g/mol. The van der Waals surface area contributed by atoms with Crippen LogP contribution in [-0.4, -0.2) is 6.29 Å². The second kappa shape index (κ2) is 2.79. The third-order valence-electron chi connectivity index (χ3n) is 1.16. The van der Waals surface area contributed by atoms with Crippen LogP contribution in [0, 0.1) is 11.3 Å². The lowest BCUT2D eigenvalue weighted by atomic mass is 10.1. The Balaban J connectivity index is 3.24. The number of hydrogen-bond acceptors (Lipinski definition) is 2. The van der Waals surface area contributed by atoms with E-state index >= 15 is 0 Å². The van der Waals surface area contributed by atoms with Gasteiger partial charge in [0.2, 0.25) is 6.29 Å². The molecule has 0 aliphatic heterocycles. The van der Waals surface area contributed by atoms with Crippen molar-refractivity contribution in [2.45, 2.75) is 0 Å². The molecule has 1 aromatic rings. The predicted octanol–water partition coefficient (Wildman–Crippen LogP) is 1.02. The summed E-state index contributed by atoms with van der Waals surface area (Å²) in [7, 11) is 0. The molecule has 0 bridgehead atoms. The Bertz CT molecular complexity index is 286. The highest BCUT2D eigenvalue weighted by molar-refractivity contribution is 5.79. The van der Waals surface area contributed by atoms with E-state index < -0.39 is 0 Å². The lowest BCUT2D eigenvalue weighted by molar-refractivity contribution is 0.562. The summed E-state index contributed by atoms with van der Waals surface area (Å²) < 4.78 is 0. The second-order valence-electron chi connectivity index (χ2n) is 1.76. The summed E-state index contributed by atoms with van der Waals surface area (Å²) >= 11 is 0. The number of rotatable bonds is 1. The Kier molecular flexibility index (Phi) is 1.81. The van der Waals surface area contributed by atoms with E-state index in [1.807, 2.05) is 6.07 Å². The molecule has 1 aromatic carbocycles. The number of carbonyl (C=O) groups excluding carboxylic acids is 1. The maximum absolute atomic E-state index is 10.1. The molecule has 0 aliphatic carbocycles. The molecule has 0 unspecified atom stereocenters. The van der Waals surface area contributed by atoms with Gasteiger partial charge in [-0.05, 0) is 12.1 Å². The van der Waals surface area contributed by atoms with Gasteiger partial charge in [0, 0.05) is 5.56 Å². The summed E-state index contributed by atoms with van der Waals surface area (Å²) in [5.74, 6) is 0. The summed E-state index contributed by atoms with van der Waals surface area (Å²) in [5.41, 5.74) is 0.697. The topological polar surface area (TPSA) is 40.9 Å². The molecule has 1 rings (SSSR count). The molecule has 0 amide bonds. The van der Waals surface area contributed by atoms with Crippen molar-refractivity contribution in [3.63, 3.8) is 0 Å². The molecule has 0 atom stereocenters. The third kappa shape index (κ3) is 1.03. The molecule has 2 heteroatoms. The molecule has 0 heterocycles. The van der Waals surface area contributed by atoms with Crippen LogP contribution in [0.2, 0.25) is 0 Å². The van der Waals surface area contributed by atoms with Crippen LogP contribution in [0.15, 0.2) is 24.3 Å². The Morgan fingerprint density at radius 1 is 1.20 bits per heavy atom. The molecule has 0 saturated heterocycles. The minimum absolute atomic E-state index is 0.324. The van der Waals surface area contributed by atoms with Gasteiger partial charge in [-0.1, -0.05) is 12.1 Å². The van der Waals surface area contributed by atoms with Crippen LogP contribution >= 0.6 is 0 Å². The van der Waals surface area contributed by atoms with E-state index in [1.54, 1.807) is 30.6 Å². The van der Waals surface area contributed by atoms with Crippen LogP contribution in [0.4, 0.5) is 0 Å². The minimum Gasteiger partial charge on any atom is -0.285 e. The molecule has 0 saturated carbocycles. The van der Waals surface area contributed by atoms with Gasteiger partial charge in [0.15, 0.2) is 0 Å². The van der Waals surface area contributed by atoms with Gasteiger partial charge >= 0.3 is 0 Å². The second-order valence-corrected chi connectivity index (χ2v) is 1.76. The molecule has 0 aromatic heterocycles. The molecule has 1 radical (unpaired) electrons. The van der Waals surface area contributed by atoms with Crippen molar-refractivity contribution in [2.75, 3.05) is 0 Å². The van der Waals surface area contributed by atoms with Crippen LogP contribution in [0.1, 0.15) is 11.1 Å². The number of nitrogens with zero attached hydrogens (tertiary/aromatic N) is 1. The maximum Gasteiger partial charge on any atom is 0.234 e. The summed E-state index contributed by atoms with van der Waals surface area (Å²) in [6.07, 6.45) is 1.67. The Hall–Kier alpha value is -1.62. The fourth-order valence-electron chi connectivity index (χ4n) is 0.670. The van der Waals surface area contributed by atoms with Gasteiger partial charge in [-0.15, -0.1) is 0 Å². The van der Waals surface area contributed by atoms with Gasteiger partial charge in [0.05, 0.1) is 11.6 Å². The maximum atomic E-state index is 10.1. The zero-order valence-electron chi connectivity index (χ0n) is 5.16. The predicted molar refractivity (Wildman–Crippen MR) is 36.0 cm³/mol. The van der Waals surface area contributed by atoms with Crippen molar-refractivity contribution in [3.8, 4) is 6.07 Å². The lowest BCUT2D eigenvalue weighted by Crippen LogP contribution is -1.84. The Morgan fingerprint density at radius 2 is 1.80 bits per heavy atom. The van der Waals surface area contributed by atoms with E-state index in [-0.39, 0.29) is 0 Å². The smallest absolute Gasteiger partial charge is 0.234 e. The number of benzene rings is 1. The highest BCUT2D eigenvalue weighted by atomic mass is 16.1. The summed E-state index contributed by atoms with van der Waals surface area (Å²) in [4.78, 5) is 10.1. The van der Waals surface area contributed by atoms with Crippen molar-refractivity contribution >= 4 is 6.29 Å². The average Bonchev–Trinajstić information content (AvgIpc) is 2.04. The normalized spacial score (nSPS) is 8.30. The first-order valence-corrected chi connectivity index (χ1v) is 2.76. The first-order valence-electron chi connectivity index (χ1n) is 2.76. The molecule has 0 N–H and O–H groups in total. The molecule has 0 fully saturated rings. The monoisotopic (exact) mass is 130 g/mol. The summed E-state index contributed by atoms with van der Waals surface area (Å²) in [6, 6.07) is 8.43. The van der Waals surface area contributed by atoms with Crippen LogP contribution in [-0.2, 0) is 4.79 Å². The molecule has 2 nitrogen and oxygen atoms in total. The van der Waals surface area contributed by atoms with Crippen molar-refractivity contribution in [2.24, 2.45) is 0 Å². The van der Waals surface area contributed by atoms with Crippen molar-refractivity contribution in [1.82, 2.24) is 0 Å². The van der Waals surface area contributed by atoms with Crippen molar-refractivity contribution in [1.29, 1.82) is 5.26 Å². The zero-order valence-corrected chi connectivity index (χ0v) is 5.16. The molecule has 10 heavy (non-hydrogen) atoms. The highest BCUT2D eigenvalue weighted by Crippen LogP contribution is 2.02. The number of nitriles is 1. The van der Waals surface area contributed by atoms with Gasteiger partial charge in [-0.3, -0.25) is 4.79 Å². The molecule has 47 valence electrons. The van der Waals surface area contributed by atoms with E-state index in [2.05, 4.69) is 0 Å². The van der Waals surface area contributed by atoms with Gasteiger partial charge in [0.25, 0.3) is 0 Å². The van der Waals surface area contributed by atoms with Crippen LogP contribution in [0.25, 0.3) is 0 Å². The van der Waals surface area contributed by atoms with Crippen LogP contribution in [0.3, 0.4) is 0 Å². The SMILES string of the molecule is N#Cc1ccccc1[C]=O. The quantitative estimate of drug-likeness (QED) is 0.569. The summed E-state index contributed by atoms with van der Waals surface area (Å²) in [6.45, 7) is 0. The highest BCUT2D eigenvalue weighted by Gasteiger charge is 1.96. The average molecular weight is 130 g/mol. The van der Waals surface area contributed by atoms with Gasteiger partial charge in [0.1, 0.15) is 0 Å². The lowest BCUT2D eigenvalue weighted by Gasteiger charge is -1.88. The van der Waals surface area contributed by atoms with Gasteiger partial charge < -0.3 is 0 Å². The van der Waals surface area contributed by atoms with E-state index in [0.29, 0.717) is 11.1 Å². The van der Waals surface area contributed by atoms with Crippen molar-refractivity contribution < 1.29 is 4.79 Å². The van der Waals surface area contributed by atoms with Gasteiger partial charge in [-0.2, -0.15) is 5.26 Å². The zero-order chi connectivity index (χ0) is 7.40. The fraction of sp³-hybridized carbons (Fsp3) is 0. The van der Waals surface area contributed by atoms with Crippen LogP contribution in [0.5, 0.6) is 0 Å². The molecule has 0 spiro atoms. The van der Waals surface area contributed by atoms with E-state index in [0.717, 1.165) is 0 Å². The summed E-state index contributed by atoms with van der Waals surface area (Å²) in [5, 5.41) is 8.42. The number of hydrogen-bond donors (Lipinski definition) is 0. The fourth-order valence-corrected chi connectivity index (χ4v) is 0.670. The molecule has 0 aliphatic rings.